The summed E-state index contributed by atoms with van der Waals surface area (Å²) in [6.07, 6.45) is -4.77. The second-order valence-corrected chi connectivity index (χ2v) is 9.62. The van der Waals surface area contributed by atoms with E-state index >= 15 is 0 Å². The van der Waals surface area contributed by atoms with Crippen molar-refractivity contribution in [2.24, 2.45) is 0 Å². The first-order valence-electron chi connectivity index (χ1n) is 10.7. The Morgan fingerprint density at radius 3 is 2.32 bits per heavy atom. The van der Waals surface area contributed by atoms with E-state index in [1.54, 1.807) is 12.1 Å². The van der Waals surface area contributed by atoms with Crippen LogP contribution in [0.4, 0.5) is 13.2 Å². The molecule has 1 aliphatic heterocycles. The molecule has 3 aromatic rings. The third-order valence-electron chi connectivity index (χ3n) is 5.48. The number of morpholine rings is 1. The average molecular weight is 600 g/mol. The van der Waals surface area contributed by atoms with E-state index in [1.807, 2.05) is 48.5 Å². The van der Waals surface area contributed by atoms with Crippen molar-refractivity contribution in [1.82, 2.24) is 8.43 Å². The molecule has 0 unspecified atom stereocenters. The zero-order chi connectivity index (χ0) is 24.0. The van der Waals surface area contributed by atoms with Crippen molar-refractivity contribution in [3.8, 4) is 5.75 Å². The Morgan fingerprint density at radius 1 is 1.00 bits per heavy atom. The van der Waals surface area contributed by atoms with E-state index in [0.29, 0.717) is 18.0 Å². The van der Waals surface area contributed by atoms with Crippen molar-refractivity contribution >= 4 is 34.6 Å². The Kier molecular flexibility index (Phi) is 8.41. The van der Waals surface area contributed by atoms with Gasteiger partial charge in [-0.3, -0.25) is 4.90 Å². The summed E-state index contributed by atoms with van der Waals surface area (Å²) < 4.78 is 53.2. The maximum atomic E-state index is 13.1. The lowest BCUT2D eigenvalue weighted by molar-refractivity contribution is -0.275. The van der Waals surface area contributed by atoms with Gasteiger partial charge in [0.05, 0.1) is 16.8 Å². The minimum atomic E-state index is -4.77. The summed E-state index contributed by atoms with van der Waals surface area (Å²) in [6, 6.07) is 26.1. The van der Waals surface area contributed by atoms with Gasteiger partial charge in [0.15, 0.2) is 5.72 Å². The molecule has 1 fully saturated rings. The topological polar surface area (TPSA) is 33.7 Å². The van der Waals surface area contributed by atoms with Crippen LogP contribution in [0.1, 0.15) is 16.4 Å². The van der Waals surface area contributed by atoms with E-state index in [4.69, 9.17) is 4.74 Å². The van der Waals surface area contributed by atoms with Gasteiger partial charge in [-0.05, 0) is 23.3 Å². The molecule has 4 nitrogen and oxygen atoms in total. The quantitative estimate of drug-likeness (QED) is 0.179. The standard InChI is InChI=1S/C25H24F3IN2O2S/c26-25(27,28)33-21-13-7-8-14-22(21)34-23(20-11-5-2-6-12-20)24(30-29)18-31(15-16-32-24)17-19-9-3-1-4-10-19/h1-14,23,30H,15-18H2/t23-,24-/m0/s1. The van der Waals surface area contributed by atoms with Gasteiger partial charge >= 0.3 is 6.36 Å². The van der Waals surface area contributed by atoms with Gasteiger partial charge in [-0.2, -0.15) is 0 Å². The number of nitrogens with one attached hydrogen (secondary N) is 1. The van der Waals surface area contributed by atoms with Crippen LogP contribution in [0.3, 0.4) is 0 Å². The van der Waals surface area contributed by atoms with Crippen LogP contribution < -0.4 is 8.27 Å². The Labute approximate surface area is 215 Å². The predicted octanol–water partition coefficient (Wildman–Crippen LogP) is 6.59. The fraction of sp³-hybridized carbons (Fsp3) is 0.280. The molecule has 0 aromatic heterocycles. The summed E-state index contributed by atoms with van der Waals surface area (Å²) in [6.45, 7) is 2.56. The first kappa shape index (κ1) is 25.3. The highest BCUT2D eigenvalue weighted by Crippen LogP contribution is 2.48. The third-order valence-corrected chi connectivity index (χ3v) is 7.87. The number of para-hydroxylation sites is 1. The van der Waals surface area contributed by atoms with Crippen molar-refractivity contribution in [2.45, 2.75) is 28.8 Å². The van der Waals surface area contributed by atoms with Gasteiger partial charge in [-0.25, -0.2) is 3.53 Å². The third kappa shape index (κ3) is 6.45. The van der Waals surface area contributed by atoms with Crippen molar-refractivity contribution in [3.05, 3.63) is 96.1 Å². The molecule has 0 bridgehead atoms. The van der Waals surface area contributed by atoms with Crippen LogP contribution in [0.25, 0.3) is 0 Å². The molecule has 9 heteroatoms. The fourth-order valence-electron chi connectivity index (χ4n) is 4.00. The zero-order valence-corrected chi connectivity index (χ0v) is 21.1. The maximum Gasteiger partial charge on any atom is 0.573 e. The minimum Gasteiger partial charge on any atom is -0.405 e. The van der Waals surface area contributed by atoms with Gasteiger partial charge in [0, 0.05) is 42.5 Å². The van der Waals surface area contributed by atoms with Crippen LogP contribution in [0, 0.1) is 0 Å². The number of halogens is 4. The molecule has 0 saturated carbocycles. The molecule has 0 spiro atoms. The summed E-state index contributed by atoms with van der Waals surface area (Å²) in [4.78, 5) is 2.70. The molecule has 2 atom stereocenters. The summed E-state index contributed by atoms with van der Waals surface area (Å²) in [5.74, 6) is -0.221. The van der Waals surface area contributed by atoms with Crippen molar-refractivity contribution in [2.75, 3.05) is 19.7 Å². The fourth-order valence-corrected chi connectivity index (χ4v) is 6.17. The molecule has 1 saturated heterocycles. The van der Waals surface area contributed by atoms with Crippen LogP contribution in [0.5, 0.6) is 5.75 Å². The molecule has 4 rings (SSSR count). The van der Waals surface area contributed by atoms with Crippen molar-refractivity contribution in [1.29, 1.82) is 0 Å². The Bertz CT molecular complexity index is 1060. The van der Waals surface area contributed by atoms with Crippen LogP contribution in [-0.2, 0) is 11.3 Å². The number of alkyl halides is 3. The first-order chi connectivity index (χ1) is 16.4. The summed E-state index contributed by atoms with van der Waals surface area (Å²) in [5.41, 5.74) is 1.30. The minimum absolute atomic E-state index is 0.221. The summed E-state index contributed by atoms with van der Waals surface area (Å²) >= 11 is 3.39. The summed E-state index contributed by atoms with van der Waals surface area (Å²) in [5, 5.41) is -0.345. The molecular weight excluding hydrogens is 576 g/mol. The highest BCUT2D eigenvalue weighted by atomic mass is 127. The molecule has 0 amide bonds. The van der Waals surface area contributed by atoms with Crippen LogP contribution >= 0.6 is 34.6 Å². The largest absolute Gasteiger partial charge is 0.573 e. The van der Waals surface area contributed by atoms with Gasteiger partial charge in [-0.15, -0.1) is 24.9 Å². The van der Waals surface area contributed by atoms with Crippen LogP contribution in [-0.4, -0.2) is 36.7 Å². The van der Waals surface area contributed by atoms with Gasteiger partial charge < -0.3 is 9.47 Å². The Balaban J connectivity index is 1.67. The molecule has 1 heterocycles. The lowest BCUT2D eigenvalue weighted by Crippen LogP contribution is -2.59. The number of hydrogen-bond donors (Lipinski definition) is 1. The van der Waals surface area contributed by atoms with Gasteiger partial charge in [0.25, 0.3) is 0 Å². The number of rotatable bonds is 8. The molecule has 0 radical (unpaired) electrons. The van der Waals surface area contributed by atoms with Crippen molar-refractivity contribution in [3.63, 3.8) is 0 Å². The molecule has 34 heavy (non-hydrogen) atoms. The number of nitrogens with zero attached hydrogens (tertiary/aromatic N) is 1. The molecule has 0 aliphatic carbocycles. The Hall–Kier alpha value is -1.79. The predicted molar refractivity (Wildman–Crippen MR) is 136 cm³/mol. The normalized spacial score (nSPS) is 20.1. The SMILES string of the molecule is FC(F)(F)Oc1ccccc1S[C@@H](c1ccccc1)[C@]1(NI)CN(Cc2ccccc2)CCO1. The molecule has 180 valence electrons. The van der Waals surface area contributed by atoms with Gasteiger partial charge in [0.2, 0.25) is 0 Å². The second kappa shape index (κ2) is 11.3. The lowest BCUT2D eigenvalue weighted by Gasteiger charge is -2.46. The number of thioether (sulfide) groups is 1. The highest BCUT2D eigenvalue weighted by Gasteiger charge is 2.45. The molecule has 3 aromatic carbocycles. The van der Waals surface area contributed by atoms with Gasteiger partial charge in [0.1, 0.15) is 5.75 Å². The first-order valence-corrected chi connectivity index (χ1v) is 12.7. The van der Waals surface area contributed by atoms with Crippen molar-refractivity contribution < 1.29 is 22.6 Å². The van der Waals surface area contributed by atoms with E-state index in [-0.39, 0.29) is 11.0 Å². The average Bonchev–Trinajstić information content (AvgIpc) is 2.84. The van der Waals surface area contributed by atoms with E-state index < -0.39 is 12.1 Å². The monoisotopic (exact) mass is 600 g/mol. The van der Waals surface area contributed by atoms with Crippen LogP contribution in [0.15, 0.2) is 89.8 Å². The van der Waals surface area contributed by atoms with E-state index in [9.17, 15) is 13.2 Å². The van der Waals surface area contributed by atoms with Gasteiger partial charge in [-0.1, -0.05) is 72.8 Å². The smallest absolute Gasteiger partial charge is 0.405 e. The number of ether oxygens (including phenoxy) is 2. The summed E-state index contributed by atoms with van der Waals surface area (Å²) in [7, 11) is 0. The molecule has 1 N–H and O–H groups in total. The zero-order valence-electron chi connectivity index (χ0n) is 18.2. The number of benzene rings is 3. The van der Waals surface area contributed by atoms with E-state index in [1.165, 1.54) is 29.5 Å². The Morgan fingerprint density at radius 2 is 1.65 bits per heavy atom. The highest BCUT2D eigenvalue weighted by molar-refractivity contribution is 14.1. The lowest BCUT2D eigenvalue weighted by atomic mass is 10.00. The maximum absolute atomic E-state index is 13.1. The second-order valence-electron chi connectivity index (χ2n) is 7.93. The molecule has 1 aliphatic rings. The van der Waals surface area contributed by atoms with E-state index in [2.05, 4.69) is 48.2 Å². The number of hydrogen-bond acceptors (Lipinski definition) is 5. The molecular formula is C25H24F3IN2O2S. The van der Waals surface area contributed by atoms with Crippen LogP contribution in [0.2, 0.25) is 0 Å². The van der Waals surface area contributed by atoms with E-state index in [0.717, 1.165) is 18.7 Å².